The molecule has 0 aromatic heterocycles. The van der Waals surface area contributed by atoms with Gasteiger partial charge in [-0.2, -0.15) is 0 Å². The normalized spacial score (nSPS) is 21.3. The van der Waals surface area contributed by atoms with Crippen LogP contribution in [0.25, 0.3) is 0 Å². The molecule has 2 heterocycles. The molecule has 0 spiro atoms. The van der Waals surface area contributed by atoms with Crippen LogP contribution in [0.15, 0.2) is 40.7 Å². The fraction of sp³-hybridized carbons (Fsp3) is 0.520. The predicted octanol–water partition coefficient (Wildman–Crippen LogP) is 3.31. The number of morpholine rings is 1. The number of carbonyl (C=O) groups is 2. The largest absolute Gasteiger partial charge is 0.493 e. The molecule has 2 aliphatic heterocycles. The maximum atomic E-state index is 13.7. The first-order valence-electron chi connectivity index (χ1n) is 11.5. The van der Waals surface area contributed by atoms with Gasteiger partial charge in [0.15, 0.2) is 17.3 Å². The summed E-state index contributed by atoms with van der Waals surface area (Å²) in [4.78, 5) is 28.6. The summed E-state index contributed by atoms with van der Waals surface area (Å²) < 4.78 is 16.9. The van der Waals surface area contributed by atoms with Gasteiger partial charge in [-0.15, -0.1) is 0 Å². The van der Waals surface area contributed by atoms with E-state index in [0.717, 1.165) is 36.2 Å². The predicted molar refractivity (Wildman–Crippen MR) is 121 cm³/mol. The molecule has 7 heteroatoms. The third-order valence-corrected chi connectivity index (χ3v) is 6.29. The number of nitrogens with one attached hydrogen (secondary N) is 1. The summed E-state index contributed by atoms with van der Waals surface area (Å²) in [6.45, 7) is 6.73. The van der Waals surface area contributed by atoms with Crippen LogP contribution in [-0.2, 0) is 14.3 Å². The highest BCUT2D eigenvalue weighted by molar-refractivity contribution is 6.05. The Labute approximate surface area is 189 Å². The van der Waals surface area contributed by atoms with Crippen molar-refractivity contribution in [2.24, 2.45) is 0 Å². The minimum Gasteiger partial charge on any atom is -0.493 e. The van der Waals surface area contributed by atoms with Gasteiger partial charge < -0.3 is 24.4 Å². The number of rotatable bonds is 6. The molecule has 1 amide bonds. The second-order valence-corrected chi connectivity index (χ2v) is 8.43. The van der Waals surface area contributed by atoms with E-state index in [4.69, 9.17) is 14.2 Å². The van der Waals surface area contributed by atoms with Crippen molar-refractivity contribution in [2.75, 3.05) is 40.0 Å². The Hall–Kier alpha value is -2.80. The van der Waals surface area contributed by atoms with Crippen molar-refractivity contribution in [1.29, 1.82) is 0 Å². The van der Waals surface area contributed by atoms with Gasteiger partial charge in [0.25, 0.3) is 5.91 Å². The molecule has 3 aliphatic rings. The van der Waals surface area contributed by atoms with Crippen molar-refractivity contribution in [3.63, 3.8) is 0 Å². The molecule has 1 atom stereocenters. The summed E-state index contributed by atoms with van der Waals surface area (Å²) >= 11 is 0. The Bertz CT molecular complexity index is 959. The third kappa shape index (κ3) is 4.26. The van der Waals surface area contributed by atoms with E-state index in [1.807, 2.05) is 30.0 Å². The summed E-state index contributed by atoms with van der Waals surface area (Å²) in [5, 5.41) is 3.39. The monoisotopic (exact) mass is 440 g/mol. The molecule has 0 saturated carbocycles. The highest BCUT2D eigenvalue weighted by Crippen LogP contribution is 2.44. The Morgan fingerprint density at radius 1 is 1.22 bits per heavy atom. The molecule has 1 aromatic rings. The number of amides is 1. The number of hydrogen-bond acceptors (Lipinski definition) is 6. The van der Waals surface area contributed by atoms with E-state index >= 15 is 0 Å². The molecule has 0 bridgehead atoms. The molecule has 1 saturated heterocycles. The van der Waals surface area contributed by atoms with Gasteiger partial charge in [-0.25, -0.2) is 0 Å². The lowest BCUT2D eigenvalue weighted by atomic mass is 9.74. The second-order valence-electron chi connectivity index (χ2n) is 8.43. The van der Waals surface area contributed by atoms with Crippen LogP contribution in [0.2, 0.25) is 0 Å². The van der Waals surface area contributed by atoms with E-state index < -0.39 is 5.92 Å². The molecular formula is C25H32N2O5. The summed E-state index contributed by atoms with van der Waals surface area (Å²) in [6, 6.07) is 5.74. The highest BCUT2D eigenvalue weighted by atomic mass is 16.5. The zero-order valence-electron chi connectivity index (χ0n) is 19.2. The zero-order chi connectivity index (χ0) is 22.7. The minimum atomic E-state index is -0.427. The van der Waals surface area contributed by atoms with Crippen LogP contribution in [0.1, 0.15) is 51.0 Å². The number of carbonyl (C=O) groups excluding carboxylic acids is 2. The van der Waals surface area contributed by atoms with Crippen LogP contribution in [0.3, 0.4) is 0 Å². The number of nitrogens with zero attached hydrogens (tertiary/aromatic N) is 1. The van der Waals surface area contributed by atoms with Gasteiger partial charge in [-0.05, 0) is 43.9 Å². The maximum absolute atomic E-state index is 13.7. The van der Waals surface area contributed by atoms with E-state index in [0.29, 0.717) is 62.0 Å². The van der Waals surface area contributed by atoms with Gasteiger partial charge in [0.1, 0.15) is 0 Å². The lowest BCUT2D eigenvalue weighted by Gasteiger charge is -2.37. The molecule has 1 aliphatic carbocycles. The van der Waals surface area contributed by atoms with Crippen molar-refractivity contribution >= 4 is 11.7 Å². The number of hydrogen-bond donors (Lipinski definition) is 1. The molecule has 0 radical (unpaired) electrons. The molecule has 7 nitrogen and oxygen atoms in total. The average molecular weight is 441 g/mol. The number of methoxy groups -OCH3 is 1. The first-order valence-corrected chi connectivity index (χ1v) is 11.5. The number of benzene rings is 1. The van der Waals surface area contributed by atoms with E-state index in [-0.39, 0.29) is 11.7 Å². The number of Topliss-reactive ketones (excluding diaryl/α,β-unsaturated/α-hetero) is 1. The number of ketones is 1. The fourth-order valence-electron chi connectivity index (χ4n) is 4.73. The quantitative estimate of drug-likeness (QED) is 0.731. The SMILES string of the molecule is CCCOc1ccc([C@H]2C(C(=O)N3CCOCC3)=C(C)NC3=C2C(=O)CCC3)cc1OC. The Balaban J connectivity index is 1.79. The number of ether oxygens (including phenoxy) is 3. The van der Waals surface area contributed by atoms with Crippen LogP contribution in [0.5, 0.6) is 11.5 Å². The standard InChI is InChI=1S/C25H32N2O5/c1-4-12-32-20-9-8-17(15-21(20)30-3)23-22(25(29)27-10-13-31-14-11-27)16(2)26-18-6-5-7-19(28)24(18)23/h8-9,15,23,26H,4-7,10-14H2,1-3H3/t23-/m0/s1. The van der Waals surface area contributed by atoms with Gasteiger partial charge in [0.2, 0.25) is 0 Å². The van der Waals surface area contributed by atoms with E-state index in [1.54, 1.807) is 7.11 Å². The minimum absolute atomic E-state index is 0.0431. The Kier molecular flexibility index (Phi) is 6.84. The average Bonchev–Trinajstić information content (AvgIpc) is 2.82. The van der Waals surface area contributed by atoms with Crippen LogP contribution in [0.4, 0.5) is 0 Å². The topological polar surface area (TPSA) is 77.1 Å². The van der Waals surface area contributed by atoms with Gasteiger partial charge in [-0.3, -0.25) is 9.59 Å². The molecule has 4 rings (SSSR count). The fourth-order valence-corrected chi connectivity index (χ4v) is 4.73. The number of allylic oxidation sites excluding steroid dienone is 3. The lowest BCUT2D eigenvalue weighted by Crippen LogP contribution is -2.44. The first-order chi connectivity index (χ1) is 15.5. The van der Waals surface area contributed by atoms with E-state index in [2.05, 4.69) is 12.2 Å². The summed E-state index contributed by atoms with van der Waals surface area (Å²) in [5.74, 6) is 0.907. The van der Waals surface area contributed by atoms with Gasteiger partial charge >= 0.3 is 0 Å². The third-order valence-electron chi connectivity index (χ3n) is 6.29. The summed E-state index contributed by atoms with van der Waals surface area (Å²) in [6.07, 6.45) is 3.03. The lowest BCUT2D eigenvalue weighted by molar-refractivity contribution is -0.131. The summed E-state index contributed by atoms with van der Waals surface area (Å²) in [5.41, 5.74) is 3.96. The zero-order valence-corrected chi connectivity index (χ0v) is 19.2. The molecule has 32 heavy (non-hydrogen) atoms. The highest BCUT2D eigenvalue weighted by Gasteiger charge is 2.40. The van der Waals surface area contributed by atoms with Crippen LogP contribution in [0, 0.1) is 0 Å². The first kappa shape index (κ1) is 22.4. The summed E-state index contributed by atoms with van der Waals surface area (Å²) in [7, 11) is 1.61. The van der Waals surface area contributed by atoms with Crippen molar-refractivity contribution in [3.05, 3.63) is 46.3 Å². The van der Waals surface area contributed by atoms with Crippen LogP contribution >= 0.6 is 0 Å². The smallest absolute Gasteiger partial charge is 0.252 e. The molecular weight excluding hydrogens is 408 g/mol. The van der Waals surface area contributed by atoms with Crippen LogP contribution in [-0.4, -0.2) is 56.6 Å². The Morgan fingerprint density at radius 2 is 2.00 bits per heavy atom. The van der Waals surface area contributed by atoms with Gasteiger partial charge in [-0.1, -0.05) is 13.0 Å². The van der Waals surface area contributed by atoms with Crippen molar-refractivity contribution in [2.45, 2.75) is 45.4 Å². The van der Waals surface area contributed by atoms with Gasteiger partial charge in [0, 0.05) is 48.0 Å². The molecule has 172 valence electrons. The number of dihydropyridines is 1. The Morgan fingerprint density at radius 3 is 2.72 bits per heavy atom. The van der Waals surface area contributed by atoms with Crippen molar-refractivity contribution in [3.8, 4) is 11.5 Å². The van der Waals surface area contributed by atoms with E-state index in [1.165, 1.54) is 0 Å². The molecule has 1 fully saturated rings. The van der Waals surface area contributed by atoms with Crippen molar-refractivity contribution < 1.29 is 23.8 Å². The van der Waals surface area contributed by atoms with Crippen molar-refractivity contribution in [1.82, 2.24) is 10.2 Å². The van der Waals surface area contributed by atoms with Crippen LogP contribution < -0.4 is 14.8 Å². The maximum Gasteiger partial charge on any atom is 0.252 e. The van der Waals surface area contributed by atoms with E-state index in [9.17, 15) is 9.59 Å². The molecule has 1 aromatic carbocycles. The molecule has 1 N–H and O–H groups in total. The second kappa shape index (κ2) is 9.77. The van der Waals surface area contributed by atoms with Gasteiger partial charge in [0.05, 0.1) is 26.9 Å². The molecule has 0 unspecified atom stereocenters.